The topological polar surface area (TPSA) is 61.9 Å². The van der Waals surface area contributed by atoms with Gasteiger partial charge in [-0.1, -0.05) is 13.0 Å². The van der Waals surface area contributed by atoms with E-state index in [2.05, 4.69) is 28.2 Å². The number of hydrogen-bond donors (Lipinski definition) is 1. The van der Waals surface area contributed by atoms with E-state index >= 15 is 0 Å². The van der Waals surface area contributed by atoms with Crippen LogP contribution >= 0.6 is 0 Å². The molecule has 5 aliphatic rings. The number of rotatable bonds is 3. The molecule has 4 fully saturated rings. The number of carbonyl (C=O) groups is 2. The van der Waals surface area contributed by atoms with Gasteiger partial charge in [-0.05, 0) is 119 Å². The Kier molecular flexibility index (Phi) is 6.81. The second kappa shape index (κ2) is 9.96. The fraction of sp³-hybridized carbons (Fsp3) is 0.733. The molecule has 5 unspecified atom stereocenters. The van der Waals surface area contributed by atoms with Crippen LogP contribution in [-0.4, -0.2) is 73.2 Å². The Morgan fingerprint density at radius 3 is 2.59 bits per heavy atom. The highest BCUT2D eigenvalue weighted by Gasteiger charge is 2.58. The summed E-state index contributed by atoms with van der Waals surface area (Å²) in [5.41, 5.74) is 2.06. The number of hydrogen-bond acceptors (Lipinski definition) is 5. The Morgan fingerprint density at radius 2 is 1.84 bits per heavy atom. The minimum Gasteiger partial charge on any atom is -0.410 e. The fourth-order valence-corrected chi connectivity index (χ4v) is 8.44. The number of amides is 1. The number of halogens is 1. The van der Waals surface area contributed by atoms with Gasteiger partial charge in [-0.2, -0.15) is 0 Å². The summed E-state index contributed by atoms with van der Waals surface area (Å²) < 4.78 is 20.1. The Balaban J connectivity index is 1.03. The summed E-state index contributed by atoms with van der Waals surface area (Å²) in [4.78, 5) is 30.2. The van der Waals surface area contributed by atoms with E-state index in [9.17, 15) is 14.0 Å². The zero-order valence-electron chi connectivity index (χ0n) is 22.4. The SMILES string of the molecule is CN1CCC(N2CCC(NC(=O)Oc3ccc4c(c3)CCC3C4CCC4(C)C(=O)C(F)CC34)CC2)CC1. The van der Waals surface area contributed by atoms with E-state index in [0.29, 0.717) is 30.0 Å². The molecule has 2 aliphatic heterocycles. The van der Waals surface area contributed by atoms with Gasteiger partial charge in [0.25, 0.3) is 0 Å². The highest BCUT2D eigenvalue weighted by molar-refractivity contribution is 5.91. The smallest absolute Gasteiger partial charge is 0.410 e. The molecule has 6 nitrogen and oxygen atoms in total. The first-order valence-corrected chi connectivity index (χ1v) is 14.5. The lowest BCUT2D eigenvalue weighted by Gasteiger charge is -2.48. The molecule has 202 valence electrons. The number of ketones is 1. The number of fused-ring (bicyclic) bond motifs is 5. The van der Waals surface area contributed by atoms with Crippen LogP contribution in [0.2, 0.25) is 0 Å². The second-order valence-electron chi connectivity index (χ2n) is 12.7. The van der Waals surface area contributed by atoms with Crippen molar-refractivity contribution in [1.82, 2.24) is 15.1 Å². The number of piperidine rings is 2. The number of ether oxygens (including phenoxy) is 1. The molecule has 1 aromatic carbocycles. The normalized spacial score (nSPS) is 35.5. The van der Waals surface area contributed by atoms with Crippen molar-refractivity contribution in [3.05, 3.63) is 29.3 Å². The molecule has 7 heteroatoms. The van der Waals surface area contributed by atoms with Crippen LogP contribution < -0.4 is 10.1 Å². The van der Waals surface area contributed by atoms with Gasteiger partial charge in [0.2, 0.25) is 0 Å². The minimum absolute atomic E-state index is 0.148. The van der Waals surface area contributed by atoms with Gasteiger partial charge < -0.3 is 19.9 Å². The zero-order chi connectivity index (χ0) is 25.7. The third kappa shape index (κ3) is 4.71. The maximum Gasteiger partial charge on any atom is 0.412 e. The summed E-state index contributed by atoms with van der Waals surface area (Å²) in [5.74, 6) is 1.32. The van der Waals surface area contributed by atoms with Crippen molar-refractivity contribution in [1.29, 1.82) is 0 Å². The predicted octanol–water partition coefficient (Wildman–Crippen LogP) is 4.71. The van der Waals surface area contributed by atoms with E-state index in [-0.39, 0.29) is 23.8 Å². The standard InChI is InChI=1S/C30H42FN3O3/c1-30-12-7-24-23-6-4-22(17-19(23)3-5-25(24)26(30)18-27(31)28(30)35)37-29(36)32-20-8-15-34(16-9-20)21-10-13-33(2)14-11-21/h4,6,17,20-21,24-27H,3,5,7-16,18H2,1-2H3,(H,32,36). The monoisotopic (exact) mass is 511 g/mol. The van der Waals surface area contributed by atoms with E-state index in [1.165, 1.54) is 37.1 Å². The van der Waals surface area contributed by atoms with Crippen LogP contribution in [0.3, 0.4) is 0 Å². The number of likely N-dealkylation sites (tertiary alicyclic amines) is 2. The van der Waals surface area contributed by atoms with Gasteiger partial charge in [-0.25, -0.2) is 9.18 Å². The molecule has 2 saturated heterocycles. The van der Waals surface area contributed by atoms with Gasteiger partial charge in [0.05, 0.1) is 0 Å². The maximum absolute atomic E-state index is 14.4. The largest absolute Gasteiger partial charge is 0.412 e. The number of alkyl halides is 1. The van der Waals surface area contributed by atoms with E-state index in [1.54, 1.807) is 0 Å². The van der Waals surface area contributed by atoms with Crippen molar-refractivity contribution in [2.75, 3.05) is 33.2 Å². The second-order valence-corrected chi connectivity index (χ2v) is 12.7. The first kappa shape index (κ1) is 25.3. The third-order valence-electron chi connectivity index (χ3n) is 10.7. The van der Waals surface area contributed by atoms with Gasteiger partial charge in [0.15, 0.2) is 12.0 Å². The first-order valence-electron chi connectivity index (χ1n) is 14.5. The highest BCUT2D eigenvalue weighted by Crippen LogP contribution is 2.60. The van der Waals surface area contributed by atoms with Crippen LogP contribution in [0.1, 0.15) is 75.3 Å². The van der Waals surface area contributed by atoms with Crippen LogP contribution in [0.5, 0.6) is 5.75 Å². The van der Waals surface area contributed by atoms with Gasteiger partial charge >= 0.3 is 6.09 Å². The number of nitrogens with one attached hydrogen (secondary N) is 1. The number of carbonyl (C=O) groups excluding carboxylic acids is 2. The number of Topliss-reactive ketones (excluding diaryl/α,β-unsaturated/α-hetero) is 1. The van der Waals surface area contributed by atoms with Crippen LogP contribution in [0.15, 0.2) is 18.2 Å². The van der Waals surface area contributed by atoms with Crippen molar-refractivity contribution in [2.24, 2.45) is 17.3 Å². The molecular formula is C30H42FN3O3. The lowest BCUT2D eigenvalue weighted by molar-refractivity contribution is -0.132. The molecule has 5 atom stereocenters. The van der Waals surface area contributed by atoms with Gasteiger partial charge in [-0.3, -0.25) is 4.79 Å². The molecule has 2 saturated carbocycles. The number of nitrogens with zero attached hydrogens (tertiary/aromatic N) is 2. The Morgan fingerprint density at radius 1 is 1.08 bits per heavy atom. The van der Waals surface area contributed by atoms with Crippen molar-refractivity contribution in [3.63, 3.8) is 0 Å². The van der Waals surface area contributed by atoms with Crippen LogP contribution in [0.4, 0.5) is 9.18 Å². The number of aryl methyl sites for hydroxylation is 1. The van der Waals surface area contributed by atoms with Crippen molar-refractivity contribution < 1.29 is 18.7 Å². The molecule has 37 heavy (non-hydrogen) atoms. The van der Waals surface area contributed by atoms with Crippen molar-refractivity contribution in [3.8, 4) is 5.75 Å². The summed E-state index contributed by atoms with van der Waals surface area (Å²) in [7, 11) is 2.20. The molecule has 0 spiro atoms. The molecule has 1 amide bonds. The lowest BCUT2D eigenvalue weighted by Crippen LogP contribution is -2.51. The molecule has 1 N–H and O–H groups in total. The molecule has 0 radical (unpaired) electrons. The molecule has 0 aromatic heterocycles. The highest BCUT2D eigenvalue weighted by atomic mass is 19.1. The van der Waals surface area contributed by atoms with Crippen LogP contribution in [-0.2, 0) is 11.2 Å². The van der Waals surface area contributed by atoms with Crippen LogP contribution in [0, 0.1) is 17.3 Å². The Bertz CT molecular complexity index is 1030. The first-order chi connectivity index (χ1) is 17.8. The molecule has 2 heterocycles. The van der Waals surface area contributed by atoms with E-state index in [0.717, 1.165) is 51.6 Å². The molecule has 6 rings (SSSR count). The summed E-state index contributed by atoms with van der Waals surface area (Å²) in [6.07, 6.45) is 6.74. The van der Waals surface area contributed by atoms with Gasteiger partial charge in [0, 0.05) is 30.6 Å². The molecule has 1 aromatic rings. The fourth-order valence-electron chi connectivity index (χ4n) is 8.44. The number of benzene rings is 1. The average Bonchev–Trinajstić information content (AvgIpc) is 3.13. The maximum atomic E-state index is 14.4. The van der Waals surface area contributed by atoms with E-state index < -0.39 is 11.6 Å². The lowest BCUT2D eigenvalue weighted by atomic mass is 9.55. The summed E-state index contributed by atoms with van der Waals surface area (Å²) in [5, 5.41) is 3.10. The van der Waals surface area contributed by atoms with Gasteiger partial charge in [-0.15, -0.1) is 0 Å². The Labute approximate surface area is 220 Å². The zero-order valence-corrected chi connectivity index (χ0v) is 22.4. The predicted molar refractivity (Wildman–Crippen MR) is 141 cm³/mol. The molecule has 3 aliphatic carbocycles. The average molecular weight is 512 g/mol. The molecular weight excluding hydrogens is 469 g/mol. The Hall–Kier alpha value is -1.99. The van der Waals surface area contributed by atoms with E-state index in [4.69, 9.17) is 4.74 Å². The minimum atomic E-state index is -1.29. The molecule has 0 bridgehead atoms. The summed E-state index contributed by atoms with van der Waals surface area (Å²) >= 11 is 0. The summed E-state index contributed by atoms with van der Waals surface area (Å²) in [6, 6.07) is 6.90. The third-order valence-corrected chi connectivity index (χ3v) is 10.7. The van der Waals surface area contributed by atoms with E-state index in [1.807, 2.05) is 19.1 Å². The quantitative estimate of drug-likeness (QED) is 0.637. The van der Waals surface area contributed by atoms with Crippen LogP contribution in [0.25, 0.3) is 0 Å². The van der Waals surface area contributed by atoms with Crippen molar-refractivity contribution >= 4 is 11.9 Å². The van der Waals surface area contributed by atoms with Gasteiger partial charge in [0.1, 0.15) is 5.75 Å². The van der Waals surface area contributed by atoms with Crippen molar-refractivity contribution in [2.45, 2.75) is 88.9 Å². The summed E-state index contributed by atoms with van der Waals surface area (Å²) in [6.45, 7) is 6.43.